The van der Waals surface area contributed by atoms with Crippen LogP contribution in [-0.4, -0.2) is 5.52 Å². The van der Waals surface area contributed by atoms with Crippen LogP contribution in [0.25, 0.3) is 0 Å². The van der Waals surface area contributed by atoms with Gasteiger partial charge in [0.05, 0.1) is 0 Å². The van der Waals surface area contributed by atoms with Crippen LogP contribution in [0, 0.1) is 20.8 Å². The Labute approximate surface area is 145 Å². The van der Waals surface area contributed by atoms with Crippen LogP contribution in [0.15, 0.2) is 72.8 Å². The molecule has 1 nitrogen and oxygen atoms in total. The van der Waals surface area contributed by atoms with Crippen molar-refractivity contribution in [3.8, 4) is 0 Å². The van der Waals surface area contributed by atoms with Crippen molar-refractivity contribution in [2.75, 3.05) is 0 Å². The van der Waals surface area contributed by atoms with Gasteiger partial charge in [0, 0.05) is 13.5 Å². The van der Waals surface area contributed by atoms with Crippen molar-refractivity contribution in [1.82, 2.24) is 0 Å². The highest BCUT2D eigenvalue weighted by Crippen LogP contribution is 2.39. The van der Waals surface area contributed by atoms with E-state index in [2.05, 4.69) is 50.2 Å². The molecule has 2 heteroatoms. The molecule has 3 rings (SSSR count). The Kier molecular flexibility index (Phi) is 4.92. The third-order valence-electron chi connectivity index (χ3n) is 4.39. The molecule has 0 amide bonds. The van der Waals surface area contributed by atoms with Crippen molar-refractivity contribution in [1.29, 1.82) is 0 Å². The maximum absolute atomic E-state index is 13.6. The Bertz CT molecular complexity index is 814. The first-order valence-electron chi connectivity index (χ1n) is 8.11. The normalized spacial score (nSPS) is 10.8. The topological polar surface area (TPSA) is 17.1 Å². The predicted molar refractivity (Wildman–Crippen MR) is 104 cm³/mol. The van der Waals surface area contributed by atoms with Gasteiger partial charge in [0.25, 0.3) is 0 Å². The van der Waals surface area contributed by atoms with Gasteiger partial charge in [-0.25, -0.2) is 0 Å². The highest BCUT2D eigenvalue weighted by atomic mass is 31.1. The summed E-state index contributed by atoms with van der Waals surface area (Å²) in [5.41, 5.74) is 4.44. The van der Waals surface area contributed by atoms with Gasteiger partial charge >= 0.3 is 0 Å². The van der Waals surface area contributed by atoms with E-state index in [1.165, 1.54) is 5.56 Å². The predicted octanol–water partition coefficient (Wildman–Crippen LogP) is 4.88. The summed E-state index contributed by atoms with van der Waals surface area (Å²) in [6, 6.07) is 24.4. The Morgan fingerprint density at radius 2 is 1.12 bits per heavy atom. The second-order valence-electron chi connectivity index (χ2n) is 6.01. The lowest BCUT2D eigenvalue weighted by Crippen LogP contribution is -2.19. The fourth-order valence-corrected chi connectivity index (χ4v) is 5.21. The first-order valence-corrected chi connectivity index (χ1v) is 9.45. The molecule has 120 valence electrons. The molecule has 0 aliphatic rings. The molecule has 0 saturated carbocycles. The molecule has 0 unspecified atom stereocenters. The lowest BCUT2D eigenvalue weighted by Gasteiger charge is -2.20. The third kappa shape index (κ3) is 3.18. The minimum absolute atomic E-state index is 0.237. The van der Waals surface area contributed by atoms with E-state index >= 15 is 0 Å². The van der Waals surface area contributed by atoms with Gasteiger partial charge in [-0.3, -0.25) is 4.79 Å². The maximum atomic E-state index is 13.6. The largest absolute Gasteiger partial charge is 0.288 e. The second-order valence-corrected chi connectivity index (χ2v) is 8.12. The Morgan fingerprint density at radius 3 is 1.62 bits per heavy atom. The van der Waals surface area contributed by atoms with Gasteiger partial charge in [-0.2, -0.15) is 0 Å². The smallest absolute Gasteiger partial charge is 0.193 e. The first-order chi connectivity index (χ1) is 11.6. The van der Waals surface area contributed by atoms with Crippen LogP contribution in [0.4, 0.5) is 0 Å². The molecule has 0 saturated heterocycles. The number of carbonyl (C=O) groups is 1. The van der Waals surface area contributed by atoms with Gasteiger partial charge in [0.2, 0.25) is 0 Å². The van der Waals surface area contributed by atoms with Crippen LogP contribution in [0.2, 0.25) is 0 Å². The van der Waals surface area contributed by atoms with Gasteiger partial charge in [-0.15, -0.1) is 0 Å². The van der Waals surface area contributed by atoms with Crippen LogP contribution < -0.4 is 10.6 Å². The van der Waals surface area contributed by atoms with E-state index in [-0.39, 0.29) is 5.52 Å². The van der Waals surface area contributed by atoms with E-state index in [0.717, 1.165) is 27.3 Å². The third-order valence-corrected chi connectivity index (χ3v) is 6.65. The van der Waals surface area contributed by atoms with E-state index in [9.17, 15) is 4.79 Å². The van der Waals surface area contributed by atoms with Gasteiger partial charge in [-0.1, -0.05) is 72.8 Å². The summed E-state index contributed by atoms with van der Waals surface area (Å²) >= 11 is 0. The first kappa shape index (κ1) is 16.6. The van der Waals surface area contributed by atoms with Gasteiger partial charge < -0.3 is 0 Å². The summed E-state index contributed by atoms with van der Waals surface area (Å²) in [5.74, 6) is 0. The van der Waals surface area contributed by atoms with E-state index in [1.807, 2.05) is 43.3 Å². The quantitative estimate of drug-likeness (QED) is 0.622. The number of hydrogen-bond acceptors (Lipinski definition) is 1. The molecule has 0 aliphatic carbocycles. The Balaban J connectivity index is 2.17. The summed E-state index contributed by atoms with van der Waals surface area (Å²) in [4.78, 5) is 13.6. The molecule has 0 bridgehead atoms. The van der Waals surface area contributed by atoms with Crippen molar-refractivity contribution in [2.24, 2.45) is 0 Å². The lowest BCUT2D eigenvalue weighted by atomic mass is 9.99. The number of carbonyl (C=O) groups excluding carboxylic acids is 1. The number of rotatable bonds is 4. The average Bonchev–Trinajstić information content (AvgIpc) is 2.61. The molecule has 3 aromatic rings. The zero-order valence-electron chi connectivity index (χ0n) is 14.3. The van der Waals surface area contributed by atoms with E-state index in [0.29, 0.717) is 0 Å². The van der Waals surface area contributed by atoms with E-state index < -0.39 is 7.92 Å². The van der Waals surface area contributed by atoms with Crippen LogP contribution in [0.5, 0.6) is 0 Å². The van der Waals surface area contributed by atoms with Crippen molar-refractivity contribution >= 4 is 24.1 Å². The Morgan fingerprint density at radius 1 is 0.667 bits per heavy atom. The van der Waals surface area contributed by atoms with Crippen LogP contribution in [-0.2, 0) is 0 Å². The molecule has 0 fully saturated rings. The van der Waals surface area contributed by atoms with Crippen LogP contribution in [0.3, 0.4) is 0 Å². The SMILES string of the molecule is Cc1ccc(C)c(C(=O)P(c2ccccc2)c2ccccc2)c1C. The number of hydrogen-bond donors (Lipinski definition) is 0. The summed E-state index contributed by atoms with van der Waals surface area (Å²) < 4.78 is 0. The molecule has 0 N–H and O–H groups in total. The Hall–Kier alpha value is -2.24. The zero-order chi connectivity index (χ0) is 17.1. The van der Waals surface area contributed by atoms with Gasteiger partial charge in [-0.05, 0) is 48.1 Å². The standard InChI is InChI=1S/C22H21OP/c1-16-14-15-17(2)21(18(16)3)22(23)24(19-10-6-4-7-11-19)20-12-8-5-9-13-20/h4-15H,1-3H3. The van der Waals surface area contributed by atoms with Gasteiger partial charge in [0.1, 0.15) is 0 Å². The zero-order valence-corrected chi connectivity index (χ0v) is 15.2. The maximum Gasteiger partial charge on any atom is 0.193 e. The molecule has 0 radical (unpaired) electrons. The molecule has 0 aromatic heterocycles. The monoisotopic (exact) mass is 332 g/mol. The average molecular weight is 332 g/mol. The molecule has 0 spiro atoms. The summed E-state index contributed by atoms with van der Waals surface area (Å²) in [7, 11) is -1.07. The molecule has 3 aromatic carbocycles. The van der Waals surface area contributed by atoms with Crippen molar-refractivity contribution in [3.05, 3.63) is 95.1 Å². The fraction of sp³-hybridized carbons (Fsp3) is 0.136. The minimum Gasteiger partial charge on any atom is -0.288 e. The summed E-state index contributed by atoms with van der Waals surface area (Å²) in [6.45, 7) is 6.15. The van der Waals surface area contributed by atoms with Gasteiger partial charge in [0.15, 0.2) is 5.52 Å². The highest BCUT2D eigenvalue weighted by molar-refractivity contribution is 7.88. The van der Waals surface area contributed by atoms with Crippen molar-refractivity contribution < 1.29 is 4.79 Å². The van der Waals surface area contributed by atoms with Crippen LogP contribution >= 0.6 is 7.92 Å². The molecule has 0 atom stereocenters. The lowest BCUT2D eigenvalue weighted by molar-refractivity contribution is 0.108. The second kappa shape index (κ2) is 7.11. The molecule has 0 aliphatic heterocycles. The highest BCUT2D eigenvalue weighted by Gasteiger charge is 2.26. The van der Waals surface area contributed by atoms with Crippen molar-refractivity contribution in [3.63, 3.8) is 0 Å². The minimum atomic E-state index is -1.07. The molecular weight excluding hydrogens is 311 g/mol. The fourth-order valence-electron chi connectivity index (χ4n) is 2.93. The van der Waals surface area contributed by atoms with Crippen LogP contribution in [0.1, 0.15) is 27.0 Å². The molecule has 0 heterocycles. The van der Waals surface area contributed by atoms with Crippen molar-refractivity contribution in [2.45, 2.75) is 20.8 Å². The molecular formula is C22H21OP. The van der Waals surface area contributed by atoms with E-state index in [1.54, 1.807) is 0 Å². The summed E-state index contributed by atoms with van der Waals surface area (Å²) in [5, 5.41) is 2.20. The number of aryl methyl sites for hydroxylation is 2. The number of benzene rings is 3. The summed E-state index contributed by atoms with van der Waals surface area (Å²) in [6.07, 6.45) is 0. The van der Waals surface area contributed by atoms with E-state index in [4.69, 9.17) is 0 Å². The molecule has 24 heavy (non-hydrogen) atoms.